The van der Waals surface area contributed by atoms with E-state index < -0.39 is 11.9 Å². The first kappa shape index (κ1) is 14.2. The van der Waals surface area contributed by atoms with Crippen LogP contribution in [0.3, 0.4) is 0 Å². The number of carbonyl (C=O) groups is 2. The fraction of sp³-hybridized carbons (Fsp3) is 0.385. The highest BCUT2D eigenvalue weighted by atomic mass is 18.2. The van der Waals surface area contributed by atoms with Crippen LogP contribution in [0.1, 0.15) is 45.5 Å². The monoisotopic (exact) mass is 253 g/mol. The van der Waals surface area contributed by atoms with Crippen molar-refractivity contribution in [2.24, 2.45) is 0 Å². The predicted molar refractivity (Wildman–Crippen MR) is 63.9 cm³/mol. The third kappa shape index (κ3) is 3.84. The minimum atomic E-state index is -1.25. The van der Waals surface area contributed by atoms with Crippen molar-refractivity contribution >= 4 is 11.9 Å². The van der Waals surface area contributed by atoms with E-state index in [0.717, 1.165) is 18.4 Å². The molecule has 0 spiro atoms. The van der Waals surface area contributed by atoms with Gasteiger partial charge in [0.2, 0.25) is 0 Å². The molecule has 0 heterocycles. The molecule has 0 aliphatic carbocycles. The molecule has 5 heteroatoms. The molecule has 0 amide bonds. The second-order valence-corrected chi connectivity index (χ2v) is 3.99. The Morgan fingerprint density at radius 3 is 2.22 bits per heavy atom. The number of benzene rings is 1. The molecule has 1 aromatic rings. The van der Waals surface area contributed by atoms with Crippen molar-refractivity contribution < 1.29 is 24.2 Å². The number of halogens is 1. The van der Waals surface area contributed by atoms with Gasteiger partial charge in [-0.15, -0.1) is 0 Å². The average molecular weight is 253 g/mol. The summed E-state index contributed by atoms with van der Waals surface area (Å²) >= 11 is 0. The smallest absolute Gasteiger partial charge is 0.336 e. The van der Waals surface area contributed by atoms with E-state index in [0.29, 0.717) is 12.8 Å². The summed E-state index contributed by atoms with van der Waals surface area (Å²) in [6.45, 7) is -0.349. The largest absolute Gasteiger partial charge is 0.478 e. The van der Waals surface area contributed by atoms with Crippen LogP contribution in [0, 0.1) is 0 Å². The number of hydrogen-bond acceptors (Lipinski definition) is 2. The molecule has 1 rings (SSSR count). The quantitative estimate of drug-likeness (QED) is 0.733. The number of aromatic carboxylic acids is 2. The molecule has 98 valence electrons. The van der Waals surface area contributed by atoms with Gasteiger partial charge in [0, 0.05) is 0 Å². The maximum absolute atomic E-state index is 11.9. The van der Waals surface area contributed by atoms with Crippen molar-refractivity contribution in [1.82, 2.24) is 0 Å². The van der Waals surface area contributed by atoms with E-state index in [4.69, 9.17) is 10.2 Å². The van der Waals surface area contributed by atoms with Crippen molar-refractivity contribution in [1.29, 1.82) is 0 Å². The highest BCUT2D eigenvalue weighted by Gasteiger charge is 2.15. The van der Waals surface area contributed by atoms with Crippen LogP contribution in [0.15, 0.2) is 18.2 Å². The Labute approximate surface area is 104 Å². The van der Waals surface area contributed by atoms with Crippen LogP contribution in [-0.2, 0) is 6.42 Å². The van der Waals surface area contributed by atoms with E-state index in [-0.39, 0.29) is 17.8 Å². The topological polar surface area (TPSA) is 74.6 Å². The predicted octanol–water partition coefficient (Wildman–Crippen LogP) is 2.77. The Bertz CT molecular complexity index is 443. The summed E-state index contributed by atoms with van der Waals surface area (Å²) in [4.78, 5) is 21.8. The molecule has 18 heavy (non-hydrogen) atoms. The van der Waals surface area contributed by atoms with Gasteiger partial charge in [-0.05, 0) is 37.0 Å². The second-order valence-electron chi connectivity index (χ2n) is 3.99. The number of hydrogen-bond donors (Lipinski definition) is 2. The van der Waals surface area contributed by atoms with Gasteiger partial charge in [0.1, 0.15) is 0 Å². The summed E-state index contributed by atoms with van der Waals surface area (Å²) in [6, 6.07) is 4.28. The lowest BCUT2D eigenvalue weighted by molar-refractivity contribution is 0.0651. The van der Waals surface area contributed by atoms with E-state index >= 15 is 0 Å². The van der Waals surface area contributed by atoms with E-state index in [9.17, 15) is 14.0 Å². The van der Waals surface area contributed by atoms with Crippen LogP contribution in [0.2, 0.25) is 0 Å². The van der Waals surface area contributed by atoms with E-state index in [2.05, 4.69) is 0 Å². The van der Waals surface area contributed by atoms with Crippen LogP contribution in [0.4, 0.5) is 4.39 Å². The Kier molecular flexibility index (Phi) is 5.30. The molecule has 0 aliphatic rings. The third-order valence-corrected chi connectivity index (χ3v) is 2.64. The zero-order valence-corrected chi connectivity index (χ0v) is 9.86. The molecule has 0 aromatic heterocycles. The lowest BCUT2D eigenvalue weighted by atomic mass is 10.0. The molecule has 0 fully saturated rings. The number of rotatable bonds is 7. The molecule has 2 N–H and O–H groups in total. The lowest BCUT2D eigenvalue weighted by Crippen LogP contribution is -2.08. The SMILES string of the molecule is O=C(O)c1ccc(CCCCC[18F])cc1C(=O)O. The second kappa shape index (κ2) is 6.74. The fourth-order valence-corrected chi connectivity index (χ4v) is 1.71. The number of carboxylic acid groups (broad SMARTS) is 2. The zero-order chi connectivity index (χ0) is 13.5. The first-order valence-corrected chi connectivity index (χ1v) is 5.71. The molecule has 0 saturated heterocycles. The Hall–Kier alpha value is -1.91. The highest BCUT2D eigenvalue weighted by Crippen LogP contribution is 2.15. The molecule has 0 bridgehead atoms. The van der Waals surface area contributed by atoms with Crippen molar-refractivity contribution in [2.75, 3.05) is 6.67 Å². The maximum atomic E-state index is 11.9. The van der Waals surface area contributed by atoms with Gasteiger partial charge in [0.25, 0.3) is 0 Å². The first-order valence-electron chi connectivity index (χ1n) is 5.71. The minimum absolute atomic E-state index is 0.203. The summed E-state index contributed by atoms with van der Waals surface area (Å²) in [5, 5.41) is 17.8. The van der Waals surface area contributed by atoms with Crippen molar-refractivity contribution in [3.05, 3.63) is 34.9 Å². The van der Waals surface area contributed by atoms with Gasteiger partial charge in [-0.1, -0.05) is 12.5 Å². The molecule has 0 atom stereocenters. The number of unbranched alkanes of at least 4 members (excludes halogenated alkanes) is 2. The molecular weight excluding hydrogens is 238 g/mol. The van der Waals surface area contributed by atoms with Crippen LogP contribution < -0.4 is 0 Å². The number of aryl methyl sites for hydroxylation is 1. The molecule has 0 saturated carbocycles. The van der Waals surface area contributed by atoms with Gasteiger partial charge in [-0.3, -0.25) is 4.39 Å². The molecule has 0 unspecified atom stereocenters. The van der Waals surface area contributed by atoms with Gasteiger partial charge in [-0.2, -0.15) is 0 Å². The van der Waals surface area contributed by atoms with Crippen LogP contribution in [-0.4, -0.2) is 28.8 Å². The van der Waals surface area contributed by atoms with Gasteiger partial charge < -0.3 is 10.2 Å². The summed E-state index contributed by atoms with van der Waals surface area (Å²) in [6.07, 6.45) is 2.62. The molecule has 0 radical (unpaired) electrons. The van der Waals surface area contributed by atoms with E-state index in [1.807, 2.05) is 0 Å². The van der Waals surface area contributed by atoms with Gasteiger partial charge in [0.15, 0.2) is 0 Å². The fourth-order valence-electron chi connectivity index (χ4n) is 1.71. The third-order valence-electron chi connectivity index (χ3n) is 2.64. The molecule has 4 nitrogen and oxygen atoms in total. The molecule has 1 aromatic carbocycles. The minimum Gasteiger partial charge on any atom is -0.478 e. The summed E-state index contributed by atoms with van der Waals surface area (Å²) in [5.74, 6) is -2.51. The summed E-state index contributed by atoms with van der Waals surface area (Å²) < 4.78 is 11.9. The normalized spacial score (nSPS) is 10.3. The Morgan fingerprint density at radius 1 is 1.00 bits per heavy atom. The van der Waals surface area contributed by atoms with Crippen molar-refractivity contribution in [3.8, 4) is 0 Å². The van der Waals surface area contributed by atoms with Crippen molar-refractivity contribution in [3.63, 3.8) is 0 Å². The molecular formula is C13H15FO4. The zero-order valence-electron chi connectivity index (χ0n) is 9.86. The lowest BCUT2D eigenvalue weighted by Gasteiger charge is -2.05. The van der Waals surface area contributed by atoms with Gasteiger partial charge in [0.05, 0.1) is 17.8 Å². The Balaban J connectivity index is 2.80. The van der Waals surface area contributed by atoms with Crippen molar-refractivity contribution in [2.45, 2.75) is 25.7 Å². The summed E-state index contributed by atoms with van der Waals surface area (Å²) in [5.41, 5.74) is 0.344. The summed E-state index contributed by atoms with van der Waals surface area (Å²) in [7, 11) is 0. The van der Waals surface area contributed by atoms with Gasteiger partial charge >= 0.3 is 11.9 Å². The van der Waals surface area contributed by atoms with Crippen LogP contribution >= 0.6 is 0 Å². The number of carboxylic acids is 2. The molecule has 0 aliphatic heterocycles. The van der Waals surface area contributed by atoms with Crippen LogP contribution in [0.25, 0.3) is 0 Å². The maximum Gasteiger partial charge on any atom is 0.336 e. The number of alkyl halides is 1. The van der Waals surface area contributed by atoms with E-state index in [1.165, 1.54) is 12.1 Å². The standard InChI is InChI=1S/C13H15FO4/c14-7-3-1-2-4-9-5-6-10(12(15)16)11(8-9)13(17)18/h5-6,8H,1-4,7H2,(H,15,16)(H,17,18)/i14-1. The van der Waals surface area contributed by atoms with E-state index in [1.54, 1.807) is 6.07 Å². The Morgan fingerprint density at radius 2 is 1.67 bits per heavy atom. The van der Waals surface area contributed by atoms with Crippen LogP contribution in [0.5, 0.6) is 0 Å². The first-order chi connectivity index (χ1) is 8.56. The average Bonchev–Trinajstić information content (AvgIpc) is 2.34. The van der Waals surface area contributed by atoms with Gasteiger partial charge in [-0.25, -0.2) is 9.59 Å². The highest BCUT2D eigenvalue weighted by molar-refractivity contribution is 6.01.